The first-order valence-corrected chi connectivity index (χ1v) is 5.53. The number of ketones is 1. The molecule has 0 saturated carbocycles. The number of methoxy groups -OCH3 is 1. The SMILES string of the molecule is COC(=O)C[C@@H]1COc2ccc(Cl)cc2C1=O. The molecule has 2 rings (SSSR count). The molecular formula is C12H11ClO4. The second-order valence-electron chi connectivity index (χ2n) is 3.79. The average molecular weight is 255 g/mol. The molecule has 1 aromatic rings. The zero-order valence-electron chi connectivity index (χ0n) is 9.23. The summed E-state index contributed by atoms with van der Waals surface area (Å²) in [6.45, 7) is 0.197. The second kappa shape index (κ2) is 4.75. The van der Waals surface area contributed by atoms with Gasteiger partial charge in [-0.2, -0.15) is 0 Å². The fourth-order valence-electron chi connectivity index (χ4n) is 1.74. The predicted molar refractivity (Wildman–Crippen MR) is 61.4 cm³/mol. The number of fused-ring (bicyclic) bond motifs is 1. The maximum atomic E-state index is 12.1. The van der Waals surface area contributed by atoms with Crippen molar-refractivity contribution >= 4 is 23.4 Å². The number of ether oxygens (including phenoxy) is 2. The Morgan fingerprint density at radius 2 is 2.35 bits per heavy atom. The molecule has 1 aromatic carbocycles. The van der Waals surface area contributed by atoms with Crippen LogP contribution >= 0.6 is 11.6 Å². The molecule has 0 bridgehead atoms. The Labute approximate surface area is 103 Å². The second-order valence-corrected chi connectivity index (χ2v) is 4.23. The number of benzene rings is 1. The first kappa shape index (κ1) is 11.9. The van der Waals surface area contributed by atoms with Gasteiger partial charge in [0.25, 0.3) is 0 Å². The van der Waals surface area contributed by atoms with Crippen LogP contribution in [0.1, 0.15) is 16.8 Å². The lowest BCUT2D eigenvalue weighted by atomic mass is 9.92. The first-order valence-electron chi connectivity index (χ1n) is 5.15. The van der Waals surface area contributed by atoms with E-state index < -0.39 is 11.9 Å². The molecule has 1 aliphatic heterocycles. The van der Waals surface area contributed by atoms with E-state index in [4.69, 9.17) is 16.3 Å². The summed E-state index contributed by atoms with van der Waals surface area (Å²) in [4.78, 5) is 23.2. The van der Waals surface area contributed by atoms with Gasteiger partial charge in [0.2, 0.25) is 0 Å². The topological polar surface area (TPSA) is 52.6 Å². The van der Waals surface area contributed by atoms with E-state index in [-0.39, 0.29) is 18.8 Å². The molecule has 4 nitrogen and oxygen atoms in total. The fraction of sp³-hybridized carbons (Fsp3) is 0.333. The monoisotopic (exact) mass is 254 g/mol. The highest BCUT2D eigenvalue weighted by atomic mass is 35.5. The number of esters is 1. The van der Waals surface area contributed by atoms with Crippen molar-refractivity contribution in [2.45, 2.75) is 6.42 Å². The van der Waals surface area contributed by atoms with Gasteiger partial charge in [-0.25, -0.2) is 0 Å². The molecule has 1 heterocycles. The molecule has 0 spiro atoms. The Morgan fingerprint density at radius 1 is 1.59 bits per heavy atom. The van der Waals surface area contributed by atoms with Gasteiger partial charge in [-0.05, 0) is 18.2 Å². The number of halogens is 1. The Bertz CT molecular complexity index is 470. The van der Waals surface area contributed by atoms with Crippen LogP contribution in [0.5, 0.6) is 5.75 Å². The van der Waals surface area contributed by atoms with E-state index in [9.17, 15) is 9.59 Å². The van der Waals surface area contributed by atoms with Crippen molar-refractivity contribution in [3.05, 3.63) is 28.8 Å². The molecule has 1 aliphatic rings. The van der Waals surface area contributed by atoms with E-state index in [0.29, 0.717) is 16.3 Å². The van der Waals surface area contributed by atoms with Gasteiger partial charge in [-0.3, -0.25) is 9.59 Å². The molecular weight excluding hydrogens is 244 g/mol. The van der Waals surface area contributed by atoms with Crippen molar-refractivity contribution in [2.75, 3.05) is 13.7 Å². The summed E-state index contributed by atoms with van der Waals surface area (Å²) >= 11 is 5.82. The van der Waals surface area contributed by atoms with Crippen molar-refractivity contribution in [3.8, 4) is 5.75 Å². The Kier molecular flexibility index (Phi) is 3.33. The molecule has 0 N–H and O–H groups in total. The summed E-state index contributed by atoms with van der Waals surface area (Å²) in [7, 11) is 1.29. The van der Waals surface area contributed by atoms with Crippen molar-refractivity contribution in [1.82, 2.24) is 0 Å². The first-order chi connectivity index (χ1) is 8.11. The largest absolute Gasteiger partial charge is 0.492 e. The lowest BCUT2D eigenvalue weighted by Crippen LogP contribution is -2.30. The quantitative estimate of drug-likeness (QED) is 0.759. The fourth-order valence-corrected chi connectivity index (χ4v) is 1.91. The number of carbonyl (C=O) groups excluding carboxylic acids is 2. The normalized spacial score (nSPS) is 18.2. The van der Waals surface area contributed by atoms with Crippen LogP contribution in [0.25, 0.3) is 0 Å². The van der Waals surface area contributed by atoms with Crippen LogP contribution in [0.15, 0.2) is 18.2 Å². The summed E-state index contributed by atoms with van der Waals surface area (Å²) in [6.07, 6.45) is 0.0291. The molecule has 0 unspecified atom stereocenters. The van der Waals surface area contributed by atoms with E-state index in [2.05, 4.69) is 4.74 Å². The maximum absolute atomic E-state index is 12.1. The Morgan fingerprint density at radius 3 is 3.06 bits per heavy atom. The molecule has 5 heteroatoms. The molecule has 17 heavy (non-hydrogen) atoms. The van der Waals surface area contributed by atoms with E-state index in [1.165, 1.54) is 7.11 Å². The zero-order valence-corrected chi connectivity index (χ0v) is 9.99. The van der Waals surface area contributed by atoms with E-state index in [1.807, 2.05) is 0 Å². The van der Waals surface area contributed by atoms with Crippen molar-refractivity contribution in [2.24, 2.45) is 5.92 Å². The number of rotatable bonds is 2. The highest BCUT2D eigenvalue weighted by Crippen LogP contribution is 2.30. The maximum Gasteiger partial charge on any atom is 0.306 e. The lowest BCUT2D eigenvalue weighted by Gasteiger charge is -2.23. The van der Waals surface area contributed by atoms with Crippen LogP contribution in [0, 0.1) is 5.92 Å². The van der Waals surface area contributed by atoms with Crippen LogP contribution in [0.2, 0.25) is 5.02 Å². The van der Waals surface area contributed by atoms with Crippen LogP contribution in [-0.4, -0.2) is 25.5 Å². The van der Waals surface area contributed by atoms with Gasteiger partial charge in [0, 0.05) is 5.02 Å². The Balaban J connectivity index is 2.23. The van der Waals surface area contributed by atoms with Crippen LogP contribution in [0.3, 0.4) is 0 Å². The van der Waals surface area contributed by atoms with E-state index in [1.54, 1.807) is 18.2 Å². The van der Waals surface area contributed by atoms with Gasteiger partial charge in [-0.15, -0.1) is 0 Å². The predicted octanol–water partition coefficient (Wildman–Crippen LogP) is 2.09. The third-order valence-electron chi connectivity index (χ3n) is 2.66. The van der Waals surface area contributed by atoms with Gasteiger partial charge in [-0.1, -0.05) is 11.6 Å². The third-order valence-corrected chi connectivity index (χ3v) is 2.89. The zero-order chi connectivity index (χ0) is 12.4. The van der Waals surface area contributed by atoms with Crippen molar-refractivity contribution < 1.29 is 19.1 Å². The minimum atomic E-state index is -0.492. The molecule has 0 radical (unpaired) electrons. The summed E-state index contributed by atoms with van der Waals surface area (Å²) < 4.78 is 9.96. The van der Waals surface area contributed by atoms with Crippen molar-refractivity contribution in [3.63, 3.8) is 0 Å². The van der Waals surface area contributed by atoms with Crippen LogP contribution in [-0.2, 0) is 9.53 Å². The summed E-state index contributed by atoms with van der Waals surface area (Å²) in [5.41, 5.74) is 0.428. The molecule has 0 fully saturated rings. The number of hydrogen-bond acceptors (Lipinski definition) is 4. The molecule has 0 saturated heterocycles. The number of Topliss-reactive ketones (excluding diaryl/α,β-unsaturated/α-hetero) is 1. The van der Waals surface area contributed by atoms with Gasteiger partial charge in [0.15, 0.2) is 5.78 Å². The summed E-state index contributed by atoms with van der Waals surface area (Å²) in [6, 6.07) is 4.88. The smallest absolute Gasteiger partial charge is 0.306 e. The van der Waals surface area contributed by atoms with E-state index in [0.717, 1.165) is 0 Å². The Hall–Kier alpha value is -1.55. The molecule has 0 amide bonds. The molecule has 0 aromatic heterocycles. The minimum Gasteiger partial charge on any atom is -0.492 e. The van der Waals surface area contributed by atoms with Crippen molar-refractivity contribution in [1.29, 1.82) is 0 Å². The van der Waals surface area contributed by atoms with Gasteiger partial charge < -0.3 is 9.47 Å². The van der Waals surface area contributed by atoms with E-state index >= 15 is 0 Å². The third kappa shape index (κ3) is 2.42. The highest BCUT2D eigenvalue weighted by molar-refractivity contribution is 6.31. The standard InChI is InChI=1S/C12H11ClO4/c1-16-11(14)4-7-6-17-10-3-2-8(13)5-9(10)12(7)15/h2-3,5,7H,4,6H2,1H3/t7-/m1/s1. The van der Waals surface area contributed by atoms with Gasteiger partial charge in [0.05, 0.1) is 31.6 Å². The summed E-state index contributed by atoms with van der Waals surface area (Å²) in [5.74, 6) is -0.523. The highest BCUT2D eigenvalue weighted by Gasteiger charge is 2.30. The molecule has 90 valence electrons. The lowest BCUT2D eigenvalue weighted by molar-refractivity contribution is -0.141. The summed E-state index contributed by atoms with van der Waals surface area (Å²) in [5, 5.41) is 0.472. The van der Waals surface area contributed by atoms with Gasteiger partial charge in [0.1, 0.15) is 5.75 Å². The van der Waals surface area contributed by atoms with Gasteiger partial charge >= 0.3 is 5.97 Å². The number of hydrogen-bond donors (Lipinski definition) is 0. The van der Waals surface area contributed by atoms with Crippen LogP contribution in [0.4, 0.5) is 0 Å². The van der Waals surface area contributed by atoms with Crippen LogP contribution < -0.4 is 4.74 Å². The minimum absolute atomic E-state index is 0.0291. The number of carbonyl (C=O) groups is 2. The molecule has 0 aliphatic carbocycles. The average Bonchev–Trinajstić information content (AvgIpc) is 2.33. The molecule has 1 atom stereocenters.